The van der Waals surface area contributed by atoms with Gasteiger partial charge in [0.15, 0.2) is 0 Å². The van der Waals surface area contributed by atoms with Crippen molar-refractivity contribution in [1.29, 1.82) is 0 Å². The maximum absolute atomic E-state index is 12.7. The van der Waals surface area contributed by atoms with E-state index in [1.165, 1.54) is 0 Å². The summed E-state index contributed by atoms with van der Waals surface area (Å²) in [5.74, 6) is -2.82. The highest BCUT2D eigenvalue weighted by Crippen LogP contribution is 2.25. The van der Waals surface area contributed by atoms with Crippen LogP contribution < -0.4 is 0 Å². The van der Waals surface area contributed by atoms with Crippen molar-refractivity contribution < 1.29 is 8.78 Å². The molecule has 0 aromatic heterocycles. The summed E-state index contributed by atoms with van der Waals surface area (Å²) in [5.41, 5.74) is 0.837. The molecule has 0 fully saturated rings. The Balaban J connectivity index is 2.61. The molecule has 1 unspecified atom stereocenters. The molecule has 0 aliphatic heterocycles. The first-order valence-corrected chi connectivity index (χ1v) is 4.49. The lowest BCUT2D eigenvalue weighted by Gasteiger charge is -2.16. The van der Waals surface area contributed by atoms with Gasteiger partial charge in [-0.25, -0.2) is 8.78 Å². The molecule has 0 saturated carbocycles. The van der Waals surface area contributed by atoms with E-state index in [0.717, 1.165) is 12.5 Å². The predicted octanol–water partition coefficient (Wildman–Crippen LogP) is 3.49. The number of hydrogen-bond donors (Lipinski definition) is 0. The minimum atomic E-state index is -2.82. The molecular formula is C10H11ClF2. The predicted molar refractivity (Wildman–Crippen MR) is 50.4 cm³/mol. The van der Waals surface area contributed by atoms with Crippen LogP contribution in [0.25, 0.3) is 0 Å². The van der Waals surface area contributed by atoms with E-state index in [1.807, 2.05) is 18.2 Å². The van der Waals surface area contributed by atoms with E-state index in [9.17, 15) is 8.78 Å². The zero-order valence-corrected chi connectivity index (χ0v) is 8.06. The van der Waals surface area contributed by atoms with Gasteiger partial charge >= 0.3 is 0 Å². The molecule has 1 atom stereocenters. The van der Waals surface area contributed by atoms with Crippen LogP contribution in [0.2, 0.25) is 0 Å². The summed E-state index contributed by atoms with van der Waals surface area (Å²) in [5, 5.41) is -1.13. The van der Waals surface area contributed by atoms with Gasteiger partial charge in [0.2, 0.25) is 0 Å². The van der Waals surface area contributed by atoms with Gasteiger partial charge in [0.05, 0.1) is 0 Å². The average molecular weight is 205 g/mol. The van der Waals surface area contributed by atoms with Crippen molar-refractivity contribution in [2.45, 2.75) is 24.6 Å². The highest BCUT2D eigenvalue weighted by Gasteiger charge is 2.32. The summed E-state index contributed by atoms with van der Waals surface area (Å²) in [4.78, 5) is 0. The molecule has 0 amide bonds. The summed E-state index contributed by atoms with van der Waals surface area (Å²) >= 11 is 5.54. The van der Waals surface area contributed by atoms with Crippen LogP contribution >= 0.6 is 11.6 Å². The van der Waals surface area contributed by atoms with Gasteiger partial charge in [-0.3, -0.25) is 0 Å². The second-order valence-corrected chi connectivity index (χ2v) is 3.64. The molecule has 0 aliphatic rings. The fourth-order valence-corrected chi connectivity index (χ4v) is 1.18. The molecule has 0 nitrogen and oxygen atoms in total. The van der Waals surface area contributed by atoms with Gasteiger partial charge in [0.1, 0.15) is 5.38 Å². The van der Waals surface area contributed by atoms with Crippen molar-refractivity contribution in [3.05, 3.63) is 35.9 Å². The Kier molecular flexibility index (Phi) is 3.26. The van der Waals surface area contributed by atoms with Gasteiger partial charge in [-0.2, -0.15) is 0 Å². The summed E-state index contributed by atoms with van der Waals surface area (Å²) in [6.07, 6.45) is 0.200. The zero-order chi connectivity index (χ0) is 9.90. The maximum Gasteiger partial charge on any atom is 0.261 e. The highest BCUT2D eigenvalue weighted by atomic mass is 35.5. The van der Waals surface area contributed by atoms with Crippen molar-refractivity contribution in [3.63, 3.8) is 0 Å². The minimum absolute atomic E-state index is 0.200. The molecular weight excluding hydrogens is 194 g/mol. The van der Waals surface area contributed by atoms with E-state index in [0.29, 0.717) is 0 Å². The van der Waals surface area contributed by atoms with Crippen LogP contribution in [0.4, 0.5) is 8.78 Å². The standard InChI is InChI=1S/C10H11ClF2/c1-10(12,13)9(11)7-8-5-3-2-4-6-8/h2-6,9H,7H2,1H3. The molecule has 0 radical (unpaired) electrons. The van der Waals surface area contributed by atoms with Crippen LogP contribution in [0, 0.1) is 0 Å². The Hall–Kier alpha value is -0.630. The molecule has 13 heavy (non-hydrogen) atoms. The van der Waals surface area contributed by atoms with E-state index in [2.05, 4.69) is 0 Å². The monoisotopic (exact) mass is 204 g/mol. The average Bonchev–Trinajstić information content (AvgIpc) is 2.04. The molecule has 0 spiro atoms. The molecule has 1 aromatic rings. The number of halogens is 3. The molecule has 1 aromatic carbocycles. The lowest BCUT2D eigenvalue weighted by Crippen LogP contribution is -2.26. The van der Waals surface area contributed by atoms with Crippen molar-refractivity contribution >= 4 is 11.6 Å². The lowest BCUT2D eigenvalue weighted by molar-refractivity contribution is 0.0175. The van der Waals surface area contributed by atoms with Crippen LogP contribution in [0.5, 0.6) is 0 Å². The van der Waals surface area contributed by atoms with Crippen molar-refractivity contribution in [2.24, 2.45) is 0 Å². The third-order valence-corrected chi connectivity index (χ3v) is 2.35. The normalized spacial score (nSPS) is 14.2. The Morgan fingerprint density at radius 3 is 2.31 bits per heavy atom. The summed E-state index contributed by atoms with van der Waals surface area (Å²) in [6, 6.07) is 9.05. The van der Waals surface area contributed by atoms with E-state index >= 15 is 0 Å². The minimum Gasteiger partial charge on any atom is -0.206 e. The first-order chi connectivity index (χ1) is 6.00. The Morgan fingerprint density at radius 2 is 1.85 bits per heavy atom. The van der Waals surface area contributed by atoms with Gasteiger partial charge in [-0.15, -0.1) is 11.6 Å². The van der Waals surface area contributed by atoms with Crippen LogP contribution in [-0.4, -0.2) is 11.3 Å². The van der Waals surface area contributed by atoms with E-state index in [4.69, 9.17) is 11.6 Å². The molecule has 0 bridgehead atoms. The zero-order valence-electron chi connectivity index (χ0n) is 7.31. The van der Waals surface area contributed by atoms with E-state index in [-0.39, 0.29) is 6.42 Å². The number of hydrogen-bond acceptors (Lipinski definition) is 0. The second kappa shape index (κ2) is 4.05. The molecule has 0 N–H and O–H groups in total. The summed E-state index contributed by atoms with van der Waals surface area (Å²) in [7, 11) is 0. The maximum atomic E-state index is 12.7. The third-order valence-electron chi connectivity index (χ3n) is 1.81. The Labute approximate surface area is 81.5 Å². The molecule has 0 heterocycles. The van der Waals surface area contributed by atoms with E-state index in [1.54, 1.807) is 12.1 Å². The largest absolute Gasteiger partial charge is 0.261 e. The van der Waals surface area contributed by atoms with Gasteiger partial charge in [-0.1, -0.05) is 30.3 Å². The Morgan fingerprint density at radius 1 is 1.31 bits per heavy atom. The Bertz CT molecular complexity index is 253. The molecule has 3 heteroatoms. The second-order valence-electron chi connectivity index (χ2n) is 3.11. The molecule has 0 aliphatic carbocycles. The van der Waals surface area contributed by atoms with Crippen LogP contribution in [0.15, 0.2) is 30.3 Å². The first-order valence-electron chi connectivity index (χ1n) is 4.06. The van der Waals surface area contributed by atoms with Crippen molar-refractivity contribution in [3.8, 4) is 0 Å². The SMILES string of the molecule is CC(F)(F)C(Cl)Cc1ccccc1. The fraction of sp³-hybridized carbons (Fsp3) is 0.400. The van der Waals surface area contributed by atoms with Crippen LogP contribution in [-0.2, 0) is 6.42 Å². The molecule has 72 valence electrons. The summed E-state index contributed by atoms with van der Waals surface area (Å²) < 4.78 is 25.3. The topological polar surface area (TPSA) is 0 Å². The lowest BCUT2D eigenvalue weighted by atomic mass is 10.1. The smallest absolute Gasteiger partial charge is 0.206 e. The highest BCUT2D eigenvalue weighted by molar-refractivity contribution is 6.21. The van der Waals surface area contributed by atoms with Crippen LogP contribution in [0.3, 0.4) is 0 Å². The fourth-order valence-electron chi connectivity index (χ4n) is 1.00. The van der Waals surface area contributed by atoms with Gasteiger partial charge in [-0.05, 0) is 12.0 Å². The number of benzene rings is 1. The number of rotatable bonds is 3. The molecule has 0 saturated heterocycles. The summed E-state index contributed by atoms with van der Waals surface area (Å²) in [6.45, 7) is 0.841. The number of alkyl halides is 3. The third kappa shape index (κ3) is 3.31. The van der Waals surface area contributed by atoms with Crippen molar-refractivity contribution in [2.75, 3.05) is 0 Å². The quantitative estimate of drug-likeness (QED) is 0.662. The van der Waals surface area contributed by atoms with Gasteiger partial charge in [0, 0.05) is 6.92 Å². The molecule has 1 rings (SSSR count). The van der Waals surface area contributed by atoms with Gasteiger partial charge in [0.25, 0.3) is 5.92 Å². The van der Waals surface area contributed by atoms with Crippen molar-refractivity contribution in [1.82, 2.24) is 0 Å². The van der Waals surface area contributed by atoms with Gasteiger partial charge < -0.3 is 0 Å². The van der Waals surface area contributed by atoms with E-state index < -0.39 is 11.3 Å². The first kappa shape index (κ1) is 10.5. The van der Waals surface area contributed by atoms with Crippen LogP contribution in [0.1, 0.15) is 12.5 Å².